The molecule has 0 saturated heterocycles. The Kier molecular flexibility index (Phi) is 7.53. The number of hydrogen-bond acceptors (Lipinski definition) is 5. The Labute approximate surface area is 184 Å². The third-order valence-electron chi connectivity index (χ3n) is 5.66. The summed E-state index contributed by atoms with van der Waals surface area (Å²) in [7, 11) is 4.73. The molecule has 0 N–H and O–H groups in total. The Balaban J connectivity index is 2.16. The molecule has 1 aliphatic rings. The lowest BCUT2D eigenvalue weighted by molar-refractivity contribution is -0.148. The van der Waals surface area contributed by atoms with E-state index in [0.29, 0.717) is 0 Å². The predicted octanol–water partition coefficient (Wildman–Crippen LogP) is 5.02. The lowest BCUT2D eigenvalue weighted by Gasteiger charge is -2.39. The van der Waals surface area contributed by atoms with Crippen molar-refractivity contribution in [3.63, 3.8) is 0 Å². The van der Waals surface area contributed by atoms with E-state index in [1.807, 2.05) is 55.5 Å². The molecule has 0 heterocycles. The van der Waals surface area contributed by atoms with Gasteiger partial charge in [-0.25, -0.2) is 0 Å². The molecule has 0 aromatic heterocycles. The van der Waals surface area contributed by atoms with Gasteiger partial charge in [0.25, 0.3) is 0 Å². The van der Waals surface area contributed by atoms with Gasteiger partial charge in [0.05, 0.1) is 39.6 Å². The van der Waals surface area contributed by atoms with Crippen LogP contribution in [0.25, 0.3) is 0 Å². The molecule has 164 valence electrons. The maximum Gasteiger partial charge on any atom is 0.310 e. The molecule has 0 saturated carbocycles. The average molecular weight is 423 g/mol. The molecule has 2 aromatic carbocycles. The van der Waals surface area contributed by atoms with E-state index in [9.17, 15) is 4.79 Å². The number of carbonyl (C=O) groups excluding carboxylic acids is 1. The molecule has 0 radical (unpaired) electrons. The summed E-state index contributed by atoms with van der Waals surface area (Å²) in [5.74, 6) is 1.01. The van der Waals surface area contributed by atoms with Gasteiger partial charge in [-0.3, -0.25) is 4.79 Å². The number of carbonyl (C=O) groups is 1. The number of hydrogen-bond donors (Lipinski definition) is 0. The smallest absolute Gasteiger partial charge is 0.310 e. The van der Waals surface area contributed by atoms with Gasteiger partial charge in [-0.1, -0.05) is 48.5 Å². The molecular formula is C26H30O5. The van der Waals surface area contributed by atoms with Gasteiger partial charge in [-0.15, -0.1) is 0 Å². The summed E-state index contributed by atoms with van der Waals surface area (Å²) in [5, 5.41) is 0. The molecule has 2 atom stereocenters. The van der Waals surface area contributed by atoms with E-state index in [4.69, 9.17) is 18.9 Å². The zero-order valence-electron chi connectivity index (χ0n) is 18.6. The molecule has 0 fully saturated rings. The molecular weight excluding hydrogens is 392 g/mol. The van der Waals surface area contributed by atoms with E-state index >= 15 is 0 Å². The average Bonchev–Trinajstić information content (AvgIpc) is 2.85. The SMILES string of the molecule is COC(=O)C(C)COC(C1=CC=C(OC)CC1)(c1ccccc1)c1ccc(OC)cc1. The molecule has 0 bridgehead atoms. The van der Waals surface area contributed by atoms with E-state index in [0.717, 1.165) is 41.1 Å². The Bertz CT molecular complexity index is 930. The lowest BCUT2D eigenvalue weighted by Crippen LogP contribution is -2.37. The molecule has 0 amide bonds. The van der Waals surface area contributed by atoms with Crippen LogP contribution in [0.15, 0.2) is 78.1 Å². The minimum atomic E-state index is -0.856. The van der Waals surface area contributed by atoms with Crippen LogP contribution in [0.5, 0.6) is 5.75 Å². The van der Waals surface area contributed by atoms with Crippen LogP contribution in [-0.4, -0.2) is 33.9 Å². The van der Waals surface area contributed by atoms with Crippen molar-refractivity contribution < 1.29 is 23.7 Å². The minimum absolute atomic E-state index is 0.214. The molecule has 0 aliphatic heterocycles. The van der Waals surface area contributed by atoms with Gasteiger partial charge in [0.15, 0.2) is 0 Å². The van der Waals surface area contributed by atoms with E-state index in [1.54, 1.807) is 14.2 Å². The normalized spacial score (nSPS) is 16.4. The quantitative estimate of drug-likeness (QED) is 0.532. The Hall–Kier alpha value is -3.05. The van der Waals surface area contributed by atoms with Crippen LogP contribution >= 0.6 is 0 Å². The van der Waals surface area contributed by atoms with E-state index in [-0.39, 0.29) is 12.6 Å². The van der Waals surface area contributed by atoms with Crippen LogP contribution in [0.4, 0.5) is 0 Å². The van der Waals surface area contributed by atoms with E-state index < -0.39 is 11.5 Å². The first-order valence-corrected chi connectivity index (χ1v) is 10.4. The summed E-state index contributed by atoms with van der Waals surface area (Å²) in [5.41, 5.74) is 2.21. The number of rotatable bonds is 9. The summed E-state index contributed by atoms with van der Waals surface area (Å²) < 4.78 is 22.4. The third-order valence-corrected chi connectivity index (χ3v) is 5.66. The van der Waals surface area contributed by atoms with Crippen molar-refractivity contribution in [3.8, 4) is 5.75 Å². The summed E-state index contributed by atoms with van der Waals surface area (Å²) in [4.78, 5) is 12.1. The van der Waals surface area contributed by atoms with Crippen molar-refractivity contribution >= 4 is 5.97 Å². The molecule has 0 spiro atoms. The highest BCUT2D eigenvalue weighted by molar-refractivity contribution is 5.71. The topological polar surface area (TPSA) is 54.0 Å². The van der Waals surface area contributed by atoms with E-state index in [1.165, 1.54) is 7.11 Å². The van der Waals surface area contributed by atoms with Gasteiger partial charge in [0.1, 0.15) is 11.4 Å². The second-order valence-electron chi connectivity index (χ2n) is 7.54. The van der Waals surface area contributed by atoms with Crippen LogP contribution in [-0.2, 0) is 24.6 Å². The van der Waals surface area contributed by atoms with Crippen LogP contribution < -0.4 is 4.74 Å². The minimum Gasteiger partial charge on any atom is -0.501 e. The number of ether oxygens (including phenoxy) is 4. The number of methoxy groups -OCH3 is 3. The van der Waals surface area contributed by atoms with Crippen molar-refractivity contribution in [2.75, 3.05) is 27.9 Å². The van der Waals surface area contributed by atoms with Crippen molar-refractivity contribution in [3.05, 3.63) is 89.2 Å². The van der Waals surface area contributed by atoms with Crippen molar-refractivity contribution in [2.24, 2.45) is 5.92 Å². The number of esters is 1. The van der Waals surface area contributed by atoms with Gasteiger partial charge in [0.2, 0.25) is 0 Å². The molecule has 2 aromatic rings. The second kappa shape index (κ2) is 10.3. The Morgan fingerprint density at radius 2 is 1.58 bits per heavy atom. The van der Waals surface area contributed by atoms with Gasteiger partial charge < -0.3 is 18.9 Å². The third kappa shape index (κ3) is 4.83. The van der Waals surface area contributed by atoms with Gasteiger partial charge in [-0.05, 0) is 48.3 Å². The lowest BCUT2D eigenvalue weighted by atomic mass is 9.76. The van der Waals surface area contributed by atoms with E-state index in [2.05, 4.69) is 18.2 Å². The molecule has 3 rings (SSSR count). The summed E-state index contributed by atoms with van der Waals surface area (Å²) in [6.07, 6.45) is 5.62. The van der Waals surface area contributed by atoms with Gasteiger partial charge >= 0.3 is 5.97 Å². The fourth-order valence-corrected chi connectivity index (χ4v) is 3.90. The zero-order valence-corrected chi connectivity index (χ0v) is 18.6. The largest absolute Gasteiger partial charge is 0.501 e. The van der Waals surface area contributed by atoms with Gasteiger partial charge in [-0.2, -0.15) is 0 Å². The molecule has 2 unspecified atom stereocenters. The van der Waals surface area contributed by atoms with Crippen LogP contribution in [0.2, 0.25) is 0 Å². The highest BCUT2D eigenvalue weighted by atomic mass is 16.5. The standard InChI is InChI=1S/C26H30O5/c1-19(25(27)30-4)18-31-26(20-8-6-5-7-9-20,21-10-14-23(28-2)15-11-21)22-12-16-24(29-3)17-13-22/h5-12,14-16,19H,13,17-18H2,1-4H3. The second-order valence-corrected chi connectivity index (χ2v) is 7.54. The molecule has 5 nitrogen and oxygen atoms in total. The van der Waals surface area contributed by atoms with Crippen LogP contribution in [0.3, 0.4) is 0 Å². The fraction of sp³-hybridized carbons (Fsp3) is 0.346. The molecule has 31 heavy (non-hydrogen) atoms. The maximum atomic E-state index is 12.1. The summed E-state index contributed by atoms with van der Waals surface area (Å²) in [6.45, 7) is 2.03. The molecule has 1 aliphatic carbocycles. The first-order valence-electron chi connectivity index (χ1n) is 10.4. The fourth-order valence-electron chi connectivity index (χ4n) is 3.90. The predicted molar refractivity (Wildman–Crippen MR) is 120 cm³/mol. The molecule has 5 heteroatoms. The van der Waals surface area contributed by atoms with Gasteiger partial charge in [0, 0.05) is 6.42 Å². The Morgan fingerprint density at radius 1 is 0.903 bits per heavy atom. The van der Waals surface area contributed by atoms with Crippen LogP contribution in [0, 0.1) is 5.92 Å². The monoisotopic (exact) mass is 422 g/mol. The zero-order chi connectivity index (χ0) is 22.3. The van der Waals surface area contributed by atoms with Crippen molar-refractivity contribution in [2.45, 2.75) is 25.4 Å². The van der Waals surface area contributed by atoms with Crippen LogP contribution in [0.1, 0.15) is 30.9 Å². The summed E-state index contributed by atoms with van der Waals surface area (Å²) in [6, 6.07) is 18.0. The van der Waals surface area contributed by atoms with Crippen molar-refractivity contribution in [1.29, 1.82) is 0 Å². The first-order chi connectivity index (χ1) is 15.0. The summed E-state index contributed by atoms with van der Waals surface area (Å²) >= 11 is 0. The van der Waals surface area contributed by atoms with Crippen molar-refractivity contribution in [1.82, 2.24) is 0 Å². The highest BCUT2D eigenvalue weighted by Crippen LogP contribution is 2.45. The highest BCUT2D eigenvalue weighted by Gasteiger charge is 2.40. The first kappa shape index (κ1) is 22.6. The Morgan fingerprint density at radius 3 is 2.13 bits per heavy atom. The maximum absolute atomic E-state index is 12.1. The number of benzene rings is 2. The number of allylic oxidation sites excluding steroid dienone is 3.